The van der Waals surface area contributed by atoms with E-state index in [0.29, 0.717) is 4.88 Å². The molecule has 0 aliphatic carbocycles. The summed E-state index contributed by atoms with van der Waals surface area (Å²) in [5, 5.41) is 17.2. The lowest BCUT2D eigenvalue weighted by molar-refractivity contribution is 0.0698. The van der Waals surface area contributed by atoms with E-state index in [2.05, 4.69) is 10.5 Å². The lowest BCUT2D eigenvalue weighted by Crippen LogP contribution is -2.13. The number of aromatic nitrogens is 1. The number of hydrogen-bond donors (Lipinski definition) is 2. The topological polar surface area (TPSA) is 106 Å². The molecule has 0 saturated heterocycles. The minimum atomic E-state index is -1.24. The molecule has 21 heavy (non-hydrogen) atoms. The van der Waals surface area contributed by atoms with E-state index >= 15 is 0 Å². The fourth-order valence-corrected chi connectivity index (χ4v) is 2.44. The SMILES string of the molecule is O=C(Nc1onc(-c2cccs2)c1C(=O)O)c1ccco1. The van der Waals surface area contributed by atoms with Gasteiger partial charge in [0.15, 0.2) is 11.3 Å². The Morgan fingerprint density at radius 2 is 2.14 bits per heavy atom. The summed E-state index contributed by atoms with van der Waals surface area (Å²) in [6, 6.07) is 6.48. The zero-order valence-corrected chi connectivity index (χ0v) is 11.2. The van der Waals surface area contributed by atoms with Crippen LogP contribution in [0.1, 0.15) is 20.9 Å². The van der Waals surface area contributed by atoms with Crippen LogP contribution in [0.3, 0.4) is 0 Å². The van der Waals surface area contributed by atoms with Gasteiger partial charge < -0.3 is 14.0 Å². The van der Waals surface area contributed by atoms with Crippen molar-refractivity contribution in [3.05, 3.63) is 47.2 Å². The summed E-state index contributed by atoms with van der Waals surface area (Å²) in [4.78, 5) is 23.9. The zero-order valence-electron chi connectivity index (χ0n) is 10.4. The highest BCUT2D eigenvalue weighted by Gasteiger charge is 2.26. The second-order valence-corrected chi connectivity index (χ2v) is 4.90. The van der Waals surface area contributed by atoms with Gasteiger partial charge in [0.25, 0.3) is 5.91 Å². The first kappa shape index (κ1) is 13.1. The van der Waals surface area contributed by atoms with Gasteiger partial charge >= 0.3 is 5.97 Å². The first-order chi connectivity index (χ1) is 10.2. The van der Waals surface area contributed by atoms with Gasteiger partial charge in [-0.05, 0) is 23.6 Å². The molecule has 8 heteroatoms. The van der Waals surface area contributed by atoms with Crippen LogP contribution in [0.4, 0.5) is 5.88 Å². The van der Waals surface area contributed by atoms with E-state index < -0.39 is 11.9 Å². The number of carbonyl (C=O) groups excluding carboxylic acids is 1. The predicted octanol–water partition coefficient (Wildman–Crippen LogP) is 2.95. The third kappa shape index (κ3) is 2.43. The van der Waals surface area contributed by atoms with Crippen molar-refractivity contribution in [2.75, 3.05) is 5.32 Å². The van der Waals surface area contributed by atoms with E-state index in [4.69, 9.17) is 8.94 Å². The van der Waals surface area contributed by atoms with Gasteiger partial charge in [0.1, 0.15) is 5.69 Å². The number of hydrogen-bond acceptors (Lipinski definition) is 6. The number of carboxylic acid groups (broad SMARTS) is 1. The Labute approximate surface area is 121 Å². The second-order valence-electron chi connectivity index (χ2n) is 3.95. The van der Waals surface area contributed by atoms with Crippen LogP contribution in [0.25, 0.3) is 10.6 Å². The average molecular weight is 304 g/mol. The van der Waals surface area contributed by atoms with Gasteiger partial charge in [0.05, 0.1) is 11.1 Å². The summed E-state index contributed by atoms with van der Waals surface area (Å²) in [5.74, 6) is -2.04. The van der Waals surface area contributed by atoms with Crippen molar-refractivity contribution in [3.63, 3.8) is 0 Å². The standard InChI is InChI=1S/C13H8N2O5S/c16-11(7-3-1-5-19-7)14-12-9(13(17)18)10(15-20-12)8-4-2-6-21-8/h1-6H,(H,14,16)(H,17,18). The van der Waals surface area contributed by atoms with Crippen LogP contribution < -0.4 is 5.32 Å². The average Bonchev–Trinajstić information content (AvgIpc) is 3.19. The predicted molar refractivity (Wildman–Crippen MR) is 73.4 cm³/mol. The molecule has 0 radical (unpaired) electrons. The van der Waals surface area contributed by atoms with Crippen LogP contribution >= 0.6 is 11.3 Å². The third-order valence-corrected chi connectivity index (χ3v) is 3.51. The van der Waals surface area contributed by atoms with Crippen molar-refractivity contribution >= 4 is 29.1 Å². The molecule has 0 aliphatic rings. The highest BCUT2D eigenvalue weighted by molar-refractivity contribution is 7.13. The van der Waals surface area contributed by atoms with Crippen LogP contribution in [0.2, 0.25) is 0 Å². The molecule has 0 bridgehead atoms. The van der Waals surface area contributed by atoms with Crippen LogP contribution in [-0.2, 0) is 0 Å². The molecule has 106 valence electrons. The lowest BCUT2D eigenvalue weighted by Gasteiger charge is -1.99. The smallest absolute Gasteiger partial charge is 0.343 e. The number of rotatable bonds is 4. The van der Waals surface area contributed by atoms with Crippen molar-refractivity contribution < 1.29 is 23.6 Å². The van der Waals surface area contributed by atoms with Gasteiger partial charge in [-0.2, -0.15) is 0 Å². The molecule has 0 aliphatic heterocycles. The molecule has 0 fully saturated rings. The summed E-state index contributed by atoms with van der Waals surface area (Å²) in [5.41, 5.74) is -0.0235. The maximum atomic E-state index is 11.9. The molecular weight excluding hydrogens is 296 g/mol. The summed E-state index contributed by atoms with van der Waals surface area (Å²) in [6.45, 7) is 0. The van der Waals surface area contributed by atoms with Gasteiger partial charge in [-0.25, -0.2) is 4.79 Å². The molecule has 3 heterocycles. The lowest BCUT2D eigenvalue weighted by atomic mass is 10.2. The Morgan fingerprint density at radius 3 is 2.76 bits per heavy atom. The third-order valence-electron chi connectivity index (χ3n) is 2.63. The molecule has 2 N–H and O–H groups in total. The number of carboxylic acids is 1. The Hall–Kier alpha value is -2.87. The molecular formula is C13H8N2O5S. The summed E-state index contributed by atoms with van der Waals surface area (Å²) in [6.07, 6.45) is 1.34. The largest absolute Gasteiger partial charge is 0.477 e. The summed E-state index contributed by atoms with van der Waals surface area (Å²) in [7, 11) is 0. The fourth-order valence-electron chi connectivity index (χ4n) is 1.73. The summed E-state index contributed by atoms with van der Waals surface area (Å²) < 4.78 is 9.88. The number of nitrogens with one attached hydrogen (secondary N) is 1. The molecule has 3 aromatic rings. The Balaban J connectivity index is 1.96. The highest BCUT2D eigenvalue weighted by atomic mass is 32.1. The van der Waals surface area contributed by atoms with Gasteiger partial charge in [-0.15, -0.1) is 11.3 Å². The van der Waals surface area contributed by atoms with E-state index in [9.17, 15) is 14.7 Å². The molecule has 0 unspecified atom stereocenters. The molecule has 3 rings (SSSR count). The minimum absolute atomic E-state index is 0.0420. The molecule has 0 spiro atoms. The van der Waals surface area contributed by atoms with Crippen molar-refractivity contribution in [2.45, 2.75) is 0 Å². The Morgan fingerprint density at radius 1 is 1.29 bits per heavy atom. The zero-order chi connectivity index (χ0) is 14.8. The van der Waals surface area contributed by atoms with Crippen molar-refractivity contribution in [3.8, 4) is 10.6 Å². The Bertz CT molecular complexity index is 774. The molecule has 1 amide bonds. The fraction of sp³-hybridized carbons (Fsp3) is 0. The molecule has 0 saturated carbocycles. The van der Waals surface area contributed by atoms with E-state index in [-0.39, 0.29) is 22.9 Å². The van der Waals surface area contributed by atoms with Crippen LogP contribution in [0.15, 0.2) is 44.8 Å². The van der Waals surface area contributed by atoms with E-state index in [1.165, 1.54) is 23.7 Å². The molecule has 0 aromatic carbocycles. The number of thiophene rings is 1. The monoisotopic (exact) mass is 304 g/mol. The maximum absolute atomic E-state index is 11.9. The Kier molecular flexibility index (Phi) is 3.28. The van der Waals surface area contributed by atoms with Crippen molar-refractivity contribution in [1.29, 1.82) is 0 Å². The number of aromatic carboxylic acids is 1. The number of furan rings is 1. The second kappa shape index (κ2) is 5.25. The van der Waals surface area contributed by atoms with Crippen LogP contribution in [-0.4, -0.2) is 22.1 Å². The number of carbonyl (C=O) groups is 2. The normalized spacial score (nSPS) is 10.5. The van der Waals surface area contributed by atoms with Crippen molar-refractivity contribution in [2.24, 2.45) is 0 Å². The van der Waals surface area contributed by atoms with Crippen molar-refractivity contribution in [1.82, 2.24) is 5.16 Å². The van der Waals surface area contributed by atoms with Gasteiger partial charge in [0.2, 0.25) is 5.88 Å². The van der Waals surface area contributed by atoms with E-state index in [0.717, 1.165) is 0 Å². The highest BCUT2D eigenvalue weighted by Crippen LogP contribution is 2.32. The minimum Gasteiger partial charge on any atom is -0.477 e. The number of anilines is 1. The van der Waals surface area contributed by atoms with E-state index in [1.807, 2.05) is 0 Å². The molecule has 3 aromatic heterocycles. The number of amides is 1. The van der Waals surface area contributed by atoms with Gasteiger partial charge in [-0.1, -0.05) is 11.2 Å². The molecule has 0 atom stereocenters. The quantitative estimate of drug-likeness (QED) is 0.767. The first-order valence-electron chi connectivity index (χ1n) is 5.78. The number of nitrogens with zero attached hydrogens (tertiary/aromatic N) is 1. The maximum Gasteiger partial charge on any atom is 0.343 e. The molecule has 7 nitrogen and oxygen atoms in total. The van der Waals surface area contributed by atoms with E-state index in [1.54, 1.807) is 23.6 Å². The summed E-state index contributed by atoms with van der Waals surface area (Å²) >= 11 is 1.32. The van der Waals surface area contributed by atoms with Crippen LogP contribution in [0, 0.1) is 0 Å². The van der Waals surface area contributed by atoms with Crippen LogP contribution in [0.5, 0.6) is 0 Å². The van der Waals surface area contributed by atoms with Gasteiger partial charge in [-0.3, -0.25) is 10.1 Å². The first-order valence-corrected chi connectivity index (χ1v) is 6.66. The van der Waals surface area contributed by atoms with Gasteiger partial charge in [0, 0.05) is 0 Å².